The average Bonchev–Trinajstić information content (AvgIpc) is 2.47. The van der Waals surface area contributed by atoms with E-state index in [1.165, 1.54) is 11.5 Å². The summed E-state index contributed by atoms with van der Waals surface area (Å²) in [4.78, 5) is 10.7. The van der Waals surface area contributed by atoms with Gasteiger partial charge in [-0.05, 0) is 30.6 Å². The smallest absolute Gasteiger partial charge is 0.317 e. The van der Waals surface area contributed by atoms with Gasteiger partial charge in [0.2, 0.25) is 0 Å². The normalized spacial score (nSPS) is 10.4. The minimum atomic E-state index is -0.585. The molecule has 0 unspecified atom stereocenters. The molecule has 72 valence electrons. The van der Waals surface area contributed by atoms with Crippen LogP contribution in [0.2, 0.25) is 0 Å². The summed E-state index contributed by atoms with van der Waals surface area (Å²) in [6, 6.07) is 5.38. The maximum absolute atomic E-state index is 10.7. The molecule has 4 nitrogen and oxygen atoms in total. The second-order valence-corrected chi connectivity index (χ2v) is 3.83. The third-order valence-corrected chi connectivity index (χ3v) is 2.69. The van der Waals surface area contributed by atoms with Crippen molar-refractivity contribution in [2.24, 2.45) is 5.73 Å². The number of amides is 2. The minimum absolute atomic E-state index is 0.543. The second-order valence-electron chi connectivity index (χ2n) is 3.02. The molecule has 0 aliphatic heterocycles. The Morgan fingerprint density at radius 3 is 3.07 bits per heavy atom. The van der Waals surface area contributed by atoms with E-state index < -0.39 is 6.03 Å². The van der Waals surface area contributed by atoms with Crippen molar-refractivity contribution in [3.05, 3.63) is 23.8 Å². The lowest BCUT2D eigenvalue weighted by Crippen LogP contribution is -2.19. The van der Waals surface area contributed by atoms with E-state index in [9.17, 15) is 4.79 Å². The van der Waals surface area contributed by atoms with Crippen molar-refractivity contribution in [2.75, 3.05) is 5.32 Å². The van der Waals surface area contributed by atoms with Crippen molar-refractivity contribution in [1.29, 1.82) is 0 Å². The van der Waals surface area contributed by atoms with E-state index >= 15 is 0 Å². The van der Waals surface area contributed by atoms with E-state index in [4.69, 9.17) is 5.73 Å². The molecule has 0 atom stereocenters. The molecule has 5 heteroatoms. The Bertz CT molecular complexity index is 492. The van der Waals surface area contributed by atoms with Gasteiger partial charge in [0, 0.05) is 5.39 Å². The number of hydrogen-bond acceptors (Lipinski definition) is 3. The molecule has 0 fully saturated rings. The van der Waals surface area contributed by atoms with E-state index in [0.29, 0.717) is 5.82 Å². The molecule has 0 aliphatic rings. The fraction of sp³-hybridized carbons (Fsp3) is 0.111. The fourth-order valence-electron chi connectivity index (χ4n) is 1.26. The van der Waals surface area contributed by atoms with Crippen molar-refractivity contribution < 1.29 is 4.79 Å². The maximum atomic E-state index is 10.7. The van der Waals surface area contributed by atoms with E-state index in [2.05, 4.69) is 9.69 Å². The van der Waals surface area contributed by atoms with Crippen LogP contribution in [-0.2, 0) is 0 Å². The van der Waals surface area contributed by atoms with Gasteiger partial charge in [-0.15, -0.1) is 0 Å². The second kappa shape index (κ2) is 3.26. The van der Waals surface area contributed by atoms with Gasteiger partial charge in [-0.1, -0.05) is 11.6 Å². The zero-order chi connectivity index (χ0) is 10.1. The number of nitrogens with two attached hydrogens (primary N) is 1. The number of rotatable bonds is 1. The summed E-state index contributed by atoms with van der Waals surface area (Å²) in [6.07, 6.45) is 0. The third kappa shape index (κ3) is 1.54. The molecule has 2 amide bonds. The number of nitrogens with zero attached hydrogens (tertiary/aromatic N) is 1. The first-order valence-corrected chi connectivity index (χ1v) is 4.86. The Morgan fingerprint density at radius 1 is 1.57 bits per heavy atom. The van der Waals surface area contributed by atoms with Crippen molar-refractivity contribution >= 4 is 33.5 Å². The Balaban J connectivity index is 2.55. The lowest BCUT2D eigenvalue weighted by molar-refractivity contribution is 0.259. The summed E-state index contributed by atoms with van der Waals surface area (Å²) in [5.41, 5.74) is 6.16. The highest BCUT2D eigenvalue weighted by Crippen LogP contribution is 2.27. The number of aryl methyl sites for hydroxylation is 1. The number of hydrogen-bond donors (Lipinski definition) is 2. The number of urea groups is 1. The Hall–Kier alpha value is -1.62. The van der Waals surface area contributed by atoms with E-state index in [1.807, 2.05) is 25.1 Å². The van der Waals surface area contributed by atoms with Crippen molar-refractivity contribution in [1.82, 2.24) is 4.37 Å². The molecular formula is C9H9N3OS. The van der Waals surface area contributed by atoms with Gasteiger partial charge < -0.3 is 5.73 Å². The number of anilines is 1. The van der Waals surface area contributed by atoms with Gasteiger partial charge in [0.25, 0.3) is 0 Å². The quantitative estimate of drug-likeness (QED) is 0.751. The predicted molar refractivity (Wildman–Crippen MR) is 57.6 cm³/mol. The molecule has 2 rings (SSSR count). The molecule has 0 spiro atoms. The van der Waals surface area contributed by atoms with E-state index in [0.717, 1.165) is 15.6 Å². The lowest BCUT2D eigenvalue weighted by Gasteiger charge is -1.97. The van der Waals surface area contributed by atoms with Crippen molar-refractivity contribution in [2.45, 2.75) is 6.92 Å². The molecule has 1 aromatic carbocycles. The van der Waals surface area contributed by atoms with Gasteiger partial charge in [0.1, 0.15) is 0 Å². The number of carbonyl (C=O) groups is 1. The summed E-state index contributed by atoms with van der Waals surface area (Å²) < 4.78 is 5.15. The number of primary amides is 1. The molecule has 14 heavy (non-hydrogen) atoms. The van der Waals surface area contributed by atoms with Gasteiger partial charge >= 0.3 is 6.03 Å². The number of aromatic nitrogens is 1. The summed E-state index contributed by atoms with van der Waals surface area (Å²) in [7, 11) is 0. The van der Waals surface area contributed by atoms with Crippen LogP contribution in [0, 0.1) is 6.92 Å². The van der Waals surface area contributed by atoms with Crippen LogP contribution in [0.15, 0.2) is 18.2 Å². The van der Waals surface area contributed by atoms with Crippen molar-refractivity contribution in [3.8, 4) is 0 Å². The number of nitrogens with one attached hydrogen (secondary N) is 1. The van der Waals surface area contributed by atoms with E-state index in [-0.39, 0.29) is 0 Å². The number of carbonyl (C=O) groups excluding carboxylic acids is 1. The van der Waals surface area contributed by atoms with Gasteiger partial charge in [-0.25, -0.2) is 4.79 Å². The average molecular weight is 207 g/mol. The van der Waals surface area contributed by atoms with Crippen LogP contribution in [0.3, 0.4) is 0 Å². The zero-order valence-electron chi connectivity index (χ0n) is 7.57. The van der Waals surface area contributed by atoms with Crippen LogP contribution in [-0.4, -0.2) is 10.4 Å². The highest BCUT2D eigenvalue weighted by Gasteiger charge is 2.06. The number of benzene rings is 1. The summed E-state index contributed by atoms with van der Waals surface area (Å²) >= 11 is 1.34. The first-order chi connectivity index (χ1) is 6.66. The van der Waals surface area contributed by atoms with Crippen LogP contribution in [0.25, 0.3) is 10.1 Å². The fourth-order valence-corrected chi connectivity index (χ4v) is 1.98. The molecule has 0 saturated heterocycles. The lowest BCUT2D eigenvalue weighted by atomic mass is 10.2. The molecular weight excluding hydrogens is 198 g/mol. The Morgan fingerprint density at radius 2 is 2.36 bits per heavy atom. The molecule has 1 heterocycles. The van der Waals surface area contributed by atoms with Crippen LogP contribution in [0.4, 0.5) is 10.6 Å². The van der Waals surface area contributed by atoms with Crippen LogP contribution in [0.5, 0.6) is 0 Å². The van der Waals surface area contributed by atoms with Gasteiger partial charge in [0.15, 0.2) is 5.82 Å². The molecule has 1 aromatic heterocycles. The summed E-state index contributed by atoms with van der Waals surface area (Å²) in [5, 5.41) is 3.43. The van der Waals surface area contributed by atoms with Crippen LogP contribution in [0.1, 0.15) is 5.56 Å². The molecule has 2 aromatic rings. The summed E-state index contributed by atoms with van der Waals surface area (Å²) in [6.45, 7) is 1.99. The first-order valence-electron chi connectivity index (χ1n) is 4.09. The minimum Gasteiger partial charge on any atom is -0.351 e. The molecule has 0 radical (unpaired) electrons. The predicted octanol–water partition coefficient (Wildman–Crippen LogP) is 2.10. The van der Waals surface area contributed by atoms with E-state index in [1.54, 1.807) is 0 Å². The van der Waals surface area contributed by atoms with Crippen LogP contribution >= 0.6 is 11.5 Å². The van der Waals surface area contributed by atoms with Gasteiger partial charge in [0.05, 0.1) is 4.70 Å². The highest BCUT2D eigenvalue weighted by molar-refractivity contribution is 7.13. The molecule has 0 bridgehead atoms. The standard InChI is InChI=1S/C9H9N3OS/c1-5-2-3-7-6(4-5)8(12-14-7)11-9(10)13/h2-4H,1H3,(H3,10,11,12,13). The topological polar surface area (TPSA) is 68.0 Å². The van der Waals surface area contributed by atoms with Crippen molar-refractivity contribution in [3.63, 3.8) is 0 Å². The van der Waals surface area contributed by atoms with Crippen LogP contribution < -0.4 is 11.1 Å². The maximum Gasteiger partial charge on any atom is 0.317 e. The van der Waals surface area contributed by atoms with Gasteiger partial charge in [-0.2, -0.15) is 4.37 Å². The SMILES string of the molecule is Cc1ccc2snc(NC(N)=O)c2c1. The highest BCUT2D eigenvalue weighted by atomic mass is 32.1. The largest absolute Gasteiger partial charge is 0.351 e. The summed E-state index contributed by atoms with van der Waals surface area (Å²) in [5.74, 6) is 0.543. The zero-order valence-corrected chi connectivity index (χ0v) is 8.39. The molecule has 3 N–H and O–H groups in total. The Kier molecular flexibility index (Phi) is 2.09. The van der Waals surface area contributed by atoms with Gasteiger partial charge in [-0.3, -0.25) is 5.32 Å². The molecule has 0 saturated carbocycles. The number of fused-ring (bicyclic) bond motifs is 1. The third-order valence-electron chi connectivity index (χ3n) is 1.87. The monoisotopic (exact) mass is 207 g/mol. The molecule has 0 aliphatic carbocycles. The Labute approximate surface area is 84.9 Å². The first kappa shape index (κ1) is 8.96.